The maximum Gasteiger partial charge on any atom is 0.226 e. The molecule has 7 heteroatoms. The second-order valence-electron chi connectivity index (χ2n) is 7.72. The molecule has 2 atom stereocenters. The van der Waals surface area contributed by atoms with Crippen LogP contribution in [0.3, 0.4) is 0 Å². The summed E-state index contributed by atoms with van der Waals surface area (Å²) >= 11 is 0. The highest BCUT2D eigenvalue weighted by atomic mass is 16.2. The number of likely N-dealkylation sites (tertiary alicyclic amines) is 1. The van der Waals surface area contributed by atoms with Crippen molar-refractivity contribution < 1.29 is 9.59 Å². The zero-order chi connectivity index (χ0) is 19.5. The molecule has 1 aliphatic carbocycles. The molecule has 1 N–H and O–H groups in total. The number of nitrogens with one attached hydrogen (secondary N) is 1. The van der Waals surface area contributed by atoms with E-state index in [0.29, 0.717) is 19.0 Å². The molecule has 2 aromatic rings. The third-order valence-electron chi connectivity index (χ3n) is 5.74. The predicted octanol–water partition coefficient (Wildman–Crippen LogP) is 2.24. The van der Waals surface area contributed by atoms with Crippen LogP contribution in [0.4, 0.5) is 0 Å². The van der Waals surface area contributed by atoms with Gasteiger partial charge in [-0.1, -0.05) is 12.2 Å². The summed E-state index contributed by atoms with van der Waals surface area (Å²) in [7, 11) is 0. The van der Waals surface area contributed by atoms with Gasteiger partial charge in [-0.3, -0.25) is 9.59 Å². The Morgan fingerprint density at radius 2 is 2.18 bits per heavy atom. The number of allylic oxidation sites excluding steroid dienone is 2. The van der Waals surface area contributed by atoms with Gasteiger partial charge < -0.3 is 10.2 Å². The fourth-order valence-electron chi connectivity index (χ4n) is 4.29. The van der Waals surface area contributed by atoms with Gasteiger partial charge in [0, 0.05) is 50.0 Å². The number of fused-ring (bicyclic) bond motifs is 1. The largest absolute Gasteiger partial charge is 0.354 e. The van der Waals surface area contributed by atoms with E-state index in [9.17, 15) is 9.59 Å². The van der Waals surface area contributed by atoms with Gasteiger partial charge in [0.05, 0.1) is 12.2 Å². The van der Waals surface area contributed by atoms with Crippen LogP contribution in [0.2, 0.25) is 0 Å². The lowest BCUT2D eigenvalue weighted by Gasteiger charge is -2.24. The first-order chi connectivity index (χ1) is 13.6. The number of carbonyl (C=O) groups excluding carboxylic acids is 2. The first-order valence-electron chi connectivity index (χ1n) is 10.1. The molecule has 0 bridgehead atoms. The Labute approximate surface area is 164 Å². The van der Waals surface area contributed by atoms with Gasteiger partial charge in [0.2, 0.25) is 11.8 Å². The van der Waals surface area contributed by atoms with Gasteiger partial charge >= 0.3 is 0 Å². The van der Waals surface area contributed by atoms with Crippen LogP contribution in [0.1, 0.15) is 44.2 Å². The van der Waals surface area contributed by atoms with E-state index in [2.05, 4.69) is 28.5 Å². The highest BCUT2D eigenvalue weighted by molar-refractivity contribution is 5.81. The summed E-state index contributed by atoms with van der Waals surface area (Å²) < 4.78 is 1.87. The van der Waals surface area contributed by atoms with E-state index in [0.717, 1.165) is 55.5 Å². The number of carbonyl (C=O) groups is 2. The summed E-state index contributed by atoms with van der Waals surface area (Å²) in [5.41, 5.74) is 1.86. The topological polar surface area (TPSA) is 80.1 Å². The summed E-state index contributed by atoms with van der Waals surface area (Å²) in [6, 6.07) is 3.98. The number of nitrogens with zero attached hydrogens (tertiary/aromatic N) is 4. The standard InChI is InChI=1S/C21H27N5O2/c1-15(27)22-11-13-26-20-18(8-5-10-23-20)19(24-26)17-9-12-25(14-17)21(28)16-6-3-2-4-7-16/h2-3,5,8,10,16-17H,4,6-7,9,11-14H2,1H3,(H,22,27). The smallest absolute Gasteiger partial charge is 0.226 e. The summed E-state index contributed by atoms with van der Waals surface area (Å²) in [5, 5.41) is 8.68. The molecule has 1 fully saturated rings. The number of pyridine rings is 1. The van der Waals surface area contributed by atoms with Crippen LogP contribution in [-0.4, -0.2) is 51.1 Å². The molecule has 148 valence electrons. The lowest BCUT2D eigenvalue weighted by atomic mass is 9.93. The van der Waals surface area contributed by atoms with Crippen molar-refractivity contribution in [2.75, 3.05) is 19.6 Å². The minimum atomic E-state index is -0.0489. The average Bonchev–Trinajstić information content (AvgIpc) is 3.33. The first kappa shape index (κ1) is 18.7. The highest BCUT2D eigenvalue weighted by Crippen LogP contribution is 2.33. The molecule has 4 rings (SSSR count). The van der Waals surface area contributed by atoms with E-state index >= 15 is 0 Å². The number of aromatic nitrogens is 3. The zero-order valence-corrected chi connectivity index (χ0v) is 16.3. The Bertz CT molecular complexity index is 903. The number of hydrogen-bond acceptors (Lipinski definition) is 4. The molecule has 7 nitrogen and oxygen atoms in total. The van der Waals surface area contributed by atoms with E-state index in [1.165, 1.54) is 6.92 Å². The predicted molar refractivity (Wildman–Crippen MR) is 107 cm³/mol. The zero-order valence-electron chi connectivity index (χ0n) is 16.3. The molecular weight excluding hydrogens is 354 g/mol. The van der Waals surface area contributed by atoms with Crippen LogP contribution in [0.15, 0.2) is 30.5 Å². The van der Waals surface area contributed by atoms with Gasteiger partial charge in [0.1, 0.15) is 0 Å². The molecule has 1 aliphatic heterocycles. The number of hydrogen-bond donors (Lipinski definition) is 1. The van der Waals surface area contributed by atoms with Crippen LogP contribution in [0.5, 0.6) is 0 Å². The van der Waals surface area contributed by atoms with Crippen LogP contribution in [0.25, 0.3) is 11.0 Å². The Kier molecular flexibility index (Phi) is 5.41. The lowest BCUT2D eigenvalue weighted by Crippen LogP contribution is -2.34. The van der Waals surface area contributed by atoms with Gasteiger partial charge in [-0.05, 0) is 37.8 Å². The van der Waals surface area contributed by atoms with E-state index in [1.54, 1.807) is 6.20 Å². The van der Waals surface area contributed by atoms with Crippen molar-refractivity contribution in [2.24, 2.45) is 5.92 Å². The average molecular weight is 381 g/mol. The molecule has 2 aromatic heterocycles. The first-order valence-corrected chi connectivity index (χ1v) is 10.1. The fourth-order valence-corrected chi connectivity index (χ4v) is 4.29. The third-order valence-corrected chi connectivity index (χ3v) is 5.74. The SMILES string of the molecule is CC(=O)NCCn1nc(C2CCN(C(=O)C3CC=CCC3)C2)c2cccnc21. The molecule has 3 heterocycles. The van der Waals surface area contributed by atoms with Crippen molar-refractivity contribution in [1.29, 1.82) is 0 Å². The summed E-state index contributed by atoms with van der Waals surface area (Å²) in [5.74, 6) is 0.612. The maximum absolute atomic E-state index is 12.9. The van der Waals surface area contributed by atoms with Crippen molar-refractivity contribution >= 4 is 22.8 Å². The van der Waals surface area contributed by atoms with Gasteiger partial charge in [-0.25, -0.2) is 9.67 Å². The Morgan fingerprint density at radius 1 is 1.29 bits per heavy atom. The quantitative estimate of drug-likeness (QED) is 0.806. The van der Waals surface area contributed by atoms with Crippen LogP contribution < -0.4 is 5.32 Å². The molecule has 0 spiro atoms. The summed E-state index contributed by atoms with van der Waals surface area (Å²) in [6.45, 7) is 4.14. The van der Waals surface area contributed by atoms with E-state index in [-0.39, 0.29) is 17.7 Å². The van der Waals surface area contributed by atoms with Crippen molar-refractivity contribution in [2.45, 2.75) is 45.1 Å². The van der Waals surface area contributed by atoms with Crippen LogP contribution in [-0.2, 0) is 16.1 Å². The third kappa shape index (κ3) is 3.79. The second-order valence-corrected chi connectivity index (χ2v) is 7.72. The summed E-state index contributed by atoms with van der Waals surface area (Å²) in [6.07, 6.45) is 9.83. The van der Waals surface area contributed by atoms with Crippen molar-refractivity contribution in [3.05, 3.63) is 36.2 Å². The molecule has 0 saturated carbocycles. The van der Waals surface area contributed by atoms with Gasteiger partial charge in [0.25, 0.3) is 0 Å². The normalized spacial score (nSPS) is 22.0. The minimum Gasteiger partial charge on any atom is -0.354 e. The van der Waals surface area contributed by atoms with Crippen molar-refractivity contribution in [3.8, 4) is 0 Å². The van der Waals surface area contributed by atoms with E-state index < -0.39 is 0 Å². The second kappa shape index (κ2) is 8.12. The van der Waals surface area contributed by atoms with Crippen molar-refractivity contribution in [3.63, 3.8) is 0 Å². The summed E-state index contributed by atoms with van der Waals surface area (Å²) in [4.78, 5) is 30.5. The van der Waals surface area contributed by atoms with Crippen molar-refractivity contribution in [1.82, 2.24) is 25.0 Å². The molecule has 1 saturated heterocycles. The Morgan fingerprint density at radius 3 is 2.96 bits per heavy atom. The highest BCUT2D eigenvalue weighted by Gasteiger charge is 2.33. The van der Waals surface area contributed by atoms with Gasteiger partial charge in [0.15, 0.2) is 5.65 Å². The monoisotopic (exact) mass is 381 g/mol. The van der Waals surface area contributed by atoms with E-state index in [4.69, 9.17) is 5.10 Å². The fraction of sp³-hybridized carbons (Fsp3) is 0.524. The molecule has 0 aromatic carbocycles. The number of amides is 2. The van der Waals surface area contributed by atoms with Crippen LogP contribution >= 0.6 is 0 Å². The maximum atomic E-state index is 12.9. The van der Waals surface area contributed by atoms with E-state index in [1.807, 2.05) is 15.6 Å². The molecule has 2 aliphatic rings. The molecule has 28 heavy (non-hydrogen) atoms. The molecule has 2 amide bonds. The molecule has 2 unspecified atom stereocenters. The molecular formula is C21H27N5O2. The minimum absolute atomic E-state index is 0.0489. The van der Waals surface area contributed by atoms with Gasteiger partial charge in [-0.2, -0.15) is 5.10 Å². The van der Waals surface area contributed by atoms with Gasteiger partial charge in [-0.15, -0.1) is 0 Å². The Balaban J connectivity index is 1.50. The number of rotatable bonds is 5. The molecule has 0 radical (unpaired) electrons. The van der Waals surface area contributed by atoms with Crippen LogP contribution in [0, 0.1) is 5.92 Å². The lowest BCUT2D eigenvalue weighted by molar-refractivity contribution is -0.134. The Hall–Kier alpha value is -2.70.